The van der Waals surface area contributed by atoms with Crippen LogP contribution in [0.25, 0.3) is 99.5 Å². The summed E-state index contributed by atoms with van der Waals surface area (Å²) >= 11 is 0. The smallest absolute Gasteiger partial charge is 0.144 e. The highest BCUT2D eigenvalue weighted by molar-refractivity contribution is 6.23. The molecule has 3 nitrogen and oxygen atoms in total. The second-order valence-electron chi connectivity index (χ2n) is 18.7. The second kappa shape index (κ2) is 14.9. The lowest BCUT2D eigenvalue weighted by Gasteiger charge is -2.32. The second-order valence-corrected chi connectivity index (χ2v) is 18.7. The number of hydrogen-bond acceptors (Lipinski definition) is 3. The van der Waals surface area contributed by atoms with E-state index >= 15 is 0 Å². The van der Waals surface area contributed by atoms with E-state index in [0.717, 1.165) is 88.8 Å². The van der Waals surface area contributed by atoms with Crippen LogP contribution in [-0.4, -0.2) is 0 Å². The van der Waals surface area contributed by atoms with E-state index in [4.69, 9.17) is 8.83 Å². The Kier molecular flexibility index (Phi) is 8.28. The van der Waals surface area contributed by atoms with Crippen LogP contribution in [-0.2, 0) is 5.41 Å². The van der Waals surface area contributed by atoms with Gasteiger partial charge in [-0.15, -0.1) is 0 Å². The minimum Gasteiger partial charge on any atom is -0.456 e. The van der Waals surface area contributed by atoms with Gasteiger partial charge in [-0.1, -0.05) is 194 Å². The van der Waals surface area contributed by atoms with Gasteiger partial charge in [-0.05, 0) is 121 Å². The summed E-state index contributed by atoms with van der Waals surface area (Å²) in [5, 5.41) is 4.25. The van der Waals surface area contributed by atoms with E-state index in [1.54, 1.807) is 0 Å². The van der Waals surface area contributed by atoms with E-state index in [1.807, 2.05) is 12.1 Å². The van der Waals surface area contributed by atoms with Gasteiger partial charge in [-0.25, -0.2) is 0 Å². The molecule has 2 aliphatic rings. The SMILES string of the molecule is c1ccc(-c2ccccc2N(c2ccc(-c3ccc4c(c3)oc3c(-c5ccccc5)c5c(cc34)oc3ccccc35)cc2)c2ccc3c(c2)C2(c4ccccc4-c4ccccc42)c2ccccc2-3)cc1. The van der Waals surface area contributed by atoms with Crippen molar-refractivity contribution in [3.8, 4) is 55.6 Å². The zero-order chi connectivity index (χ0) is 45.9. The van der Waals surface area contributed by atoms with Crippen molar-refractivity contribution in [1.82, 2.24) is 0 Å². The molecule has 1 spiro atoms. The summed E-state index contributed by atoms with van der Waals surface area (Å²) in [5.74, 6) is 0. The quantitative estimate of drug-likeness (QED) is 0.167. The fourth-order valence-corrected chi connectivity index (χ4v) is 12.2. The third kappa shape index (κ3) is 5.46. The molecule has 0 atom stereocenters. The van der Waals surface area contributed by atoms with Gasteiger partial charge in [-0.3, -0.25) is 0 Å². The van der Waals surface area contributed by atoms with Crippen molar-refractivity contribution in [2.45, 2.75) is 5.41 Å². The number of furan rings is 2. The summed E-state index contributed by atoms with van der Waals surface area (Å²) in [7, 11) is 0. The normalized spacial score (nSPS) is 13.0. The molecule has 70 heavy (non-hydrogen) atoms. The number of hydrogen-bond donors (Lipinski definition) is 0. The zero-order valence-electron chi connectivity index (χ0n) is 37.9. The van der Waals surface area contributed by atoms with E-state index in [1.165, 1.54) is 50.1 Å². The van der Waals surface area contributed by atoms with Gasteiger partial charge in [0, 0.05) is 44.0 Å². The molecule has 2 aliphatic carbocycles. The van der Waals surface area contributed by atoms with Gasteiger partial charge >= 0.3 is 0 Å². The first-order valence-electron chi connectivity index (χ1n) is 24.1. The summed E-state index contributed by atoms with van der Waals surface area (Å²) < 4.78 is 13.5. The molecular formula is C67H41NO2. The number of para-hydroxylation sites is 2. The van der Waals surface area contributed by atoms with Gasteiger partial charge in [0.2, 0.25) is 0 Å². The molecule has 11 aromatic carbocycles. The van der Waals surface area contributed by atoms with Crippen LogP contribution in [0, 0.1) is 0 Å². The standard InChI is InChI=1S/C67H41NO2/c1-3-17-43(18-4-1)48-21-10-15-29-60(48)68(47-36-38-52-51-24-9-14-28-58(51)67(59(52)40-47)56-26-12-7-22-49(56)50-23-8-13-27-57(50)67)46-34-31-42(32-35-46)45-33-37-53-55-41-63-65(54-25-11-16-30-61(54)69-63)64(44-19-5-2-6-20-44)66(55)70-62(53)39-45/h1-41H. The largest absolute Gasteiger partial charge is 0.456 e. The lowest BCUT2D eigenvalue weighted by Crippen LogP contribution is -2.26. The molecule has 0 aliphatic heterocycles. The fraction of sp³-hybridized carbons (Fsp3) is 0.0149. The molecule has 2 aromatic heterocycles. The van der Waals surface area contributed by atoms with Crippen molar-refractivity contribution >= 4 is 60.9 Å². The van der Waals surface area contributed by atoms with Gasteiger partial charge in [0.05, 0.1) is 11.1 Å². The van der Waals surface area contributed by atoms with Gasteiger partial charge in [-0.2, -0.15) is 0 Å². The predicted molar refractivity (Wildman–Crippen MR) is 288 cm³/mol. The third-order valence-corrected chi connectivity index (χ3v) is 15.1. The average molecular weight is 892 g/mol. The van der Waals surface area contributed by atoms with Crippen LogP contribution >= 0.6 is 0 Å². The third-order valence-electron chi connectivity index (χ3n) is 15.1. The fourth-order valence-electron chi connectivity index (χ4n) is 12.2. The van der Waals surface area contributed by atoms with Crippen LogP contribution in [0.4, 0.5) is 17.1 Å². The molecule has 0 unspecified atom stereocenters. The molecule has 0 saturated carbocycles. The van der Waals surface area contributed by atoms with E-state index in [-0.39, 0.29) is 0 Å². The molecule has 3 heteroatoms. The Morgan fingerprint density at radius 1 is 0.300 bits per heavy atom. The molecule has 0 N–H and O–H groups in total. The molecule has 2 heterocycles. The number of nitrogens with zero attached hydrogens (tertiary/aromatic N) is 1. The number of benzene rings is 11. The summed E-state index contributed by atoms with van der Waals surface area (Å²) in [6.07, 6.45) is 0. The van der Waals surface area contributed by atoms with Crippen LogP contribution in [0.5, 0.6) is 0 Å². The summed E-state index contributed by atoms with van der Waals surface area (Å²) in [5.41, 5.74) is 23.4. The maximum Gasteiger partial charge on any atom is 0.144 e. The van der Waals surface area contributed by atoms with E-state index < -0.39 is 5.41 Å². The summed E-state index contributed by atoms with van der Waals surface area (Å²) in [6, 6.07) is 90.4. The Labute approximate surface area is 404 Å². The zero-order valence-corrected chi connectivity index (χ0v) is 37.9. The van der Waals surface area contributed by atoms with Crippen molar-refractivity contribution in [2.75, 3.05) is 4.90 Å². The molecule has 15 rings (SSSR count). The highest BCUT2D eigenvalue weighted by Gasteiger charge is 2.51. The average Bonchev–Trinajstić information content (AvgIpc) is 4.16. The van der Waals surface area contributed by atoms with Crippen molar-refractivity contribution in [3.63, 3.8) is 0 Å². The van der Waals surface area contributed by atoms with Crippen LogP contribution in [0.3, 0.4) is 0 Å². The first-order chi connectivity index (χ1) is 34.7. The van der Waals surface area contributed by atoms with Gasteiger partial charge in [0.25, 0.3) is 0 Å². The Bertz CT molecular complexity index is 4170. The van der Waals surface area contributed by atoms with Crippen LogP contribution < -0.4 is 4.90 Å². The Hall–Kier alpha value is -9.18. The summed E-state index contributed by atoms with van der Waals surface area (Å²) in [6.45, 7) is 0. The van der Waals surface area contributed by atoms with Crippen molar-refractivity contribution in [3.05, 3.63) is 271 Å². The topological polar surface area (TPSA) is 29.5 Å². The molecule has 0 amide bonds. The Morgan fingerprint density at radius 2 is 0.857 bits per heavy atom. The van der Waals surface area contributed by atoms with Crippen LogP contribution in [0.2, 0.25) is 0 Å². The molecule has 0 bridgehead atoms. The first kappa shape index (κ1) is 38.9. The maximum atomic E-state index is 6.95. The Balaban J connectivity index is 0.897. The number of fused-ring (bicyclic) bond motifs is 16. The monoisotopic (exact) mass is 891 g/mol. The molecule has 0 radical (unpaired) electrons. The van der Waals surface area contributed by atoms with E-state index in [0.29, 0.717) is 0 Å². The lowest BCUT2D eigenvalue weighted by molar-refractivity contribution is 0.664. The minimum absolute atomic E-state index is 0.460. The summed E-state index contributed by atoms with van der Waals surface area (Å²) in [4.78, 5) is 2.45. The van der Waals surface area contributed by atoms with Gasteiger partial charge < -0.3 is 13.7 Å². The predicted octanol–water partition coefficient (Wildman–Crippen LogP) is 18.3. The number of anilines is 3. The molecule has 0 saturated heterocycles. The van der Waals surface area contributed by atoms with Gasteiger partial charge in [0.15, 0.2) is 0 Å². The molecule has 13 aromatic rings. The van der Waals surface area contributed by atoms with Crippen molar-refractivity contribution < 1.29 is 8.83 Å². The first-order valence-corrected chi connectivity index (χ1v) is 24.1. The van der Waals surface area contributed by atoms with E-state index in [2.05, 4.69) is 241 Å². The van der Waals surface area contributed by atoms with Crippen molar-refractivity contribution in [1.29, 1.82) is 0 Å². The molecule has 326 valence electrons. The van der Waals surface area contributed by atoms with E-state index in [9.17, 15) is 0 Å². The lowest BCUT2D eigenvalue weighted by atomic mass is 9.70. The minimum atomic E-state index is -0.460. The number of rotatable bonds is 6. The van der Waals surface area contributed by atoms with Gasteiger partial charge in [0.1, 0.15) is 22.3 Å². The highest BCUT2D eigenvalue weighted by Crippen LogP contribution is 2.63. The van der Waals surface area contributed by atoms with Crippen LogP contribution in [0.1, 0.15) is 22.3 Å². The molecule has 0 fully saturated rings. The highest BCUT2D eigenvalue weighted by atomic mass is 16.3. The van der Waals surface area contributed by atoms with Crippen molar-refractivity contribution in [2.24, 2.45) is 0 Å². The molecular weight excluding hydrogens is 851 g/mol. The Morgan fingerprint density at radius 3 is 1.56 bits per heavy atom. The maximum absolute atomic E-state index is 6.95. The van der Waals surface area contributed by atoms with Crippen LogP contribution in [0.15, 0.2) is 258 Å².